The Morgan fingerprint density at radius 2 is 1.90 bits per heavy atom. The number of hydrogen-bond acceptors (Lipinski definition) is 4. The zero-order valence-electron chi connectivity index (χ0n) is 9.64. The van der Waals surface area contributed by atoms with Gasteiger partial charge in [0.1, 0.15) is 6.61 Å². The maximum absolute atomic E-state index is 12.3. The Hall–Kier alpha value is -1.23. The lowest BCUT2D eigenvalue weighted by Gasteiger charge is -2.08. The Bertz CT molecular complexity index is 498. The van der Waals surface area contributed by atoms with Crippen LogP contribution in [0.5, 0.6) is 0 Å². The van der Waals surface area contributed by atoms with E-state index in [1.165, 1.54) is 0 Å². The van der Waals surface area contributed by atoms with Gasteiger partial charge in [-0.25, -0.2) is 4.98 Å². The minimum Gasteiger partial charge on any atom is -0.371 e. The molecule has 20 heavy (non-hydrogen) atoms. The normalized spacial score (nSPS) is 12.7. The van der Waals surface area contributed by atoms with Gasteiger partial charge >= 0.3 is 12.4 Å². The maximum Gasteiger partial charge on any atom is 0.433 e. The van der Waals surface area contributed by atoms with Crippen molar-refractivity contribution in [2.24, 2.45) is 0 Å². The molecule has 114 valence electrons. The summed E-state index contributed by atoms with van der Waals surface area (Å²) < 4.78 is 76.5. The standard InChI is InChI=1S/C9H8F6N2O2S/c10-8(11,12)4-19-1-2-20-7-16-5(9(13,14)15)3-6(18)17-7/h3H,1-2,4H2,(H,16,17,18). The molecular formula is C9H8F6N2O2S. The second-order valence-electron chi connectivity index (χ2n) is 3.45. The summed E-state index contributed by atoms with van der Waals surface area (Å²) in [5.41, 5.74) is -2.36. The number of H-pyrrole nitrogens is 1. The van der Waals surface area contributed by atoms with Crippen LogP contribution in [0.3, 0.4) is 0 Å². The first-order valence-electron chi connectivity index (χ1n) is 5.04. The molecule has 0 aliphatic carbocycles. The molecule has 0 unspecified atom stereocenters. The molecule has 0 aliphatic rings. The summed E-state index contributed by atoms with van der Waals surface area (Å²) >= 11 is 0.656. The molecule has 1 rings (SSSR count). The third-order valence-electron chi connectivity index (χ3n) is 1.74. The summed E-state index contributed by atoms with van der Waals surface area (Å²) in [5, 5.41) is -0.333. The van der Waals surface area contributed by atoms with E-state index in [-0.39, 0.29) is 17.5 Å². The van der Waals surface area contributed by atoms with Gasteiger partial charge in [0.05, 0.1) is 6.61 Å². The highest BCUT2D eigenvalue weighted by molar-refractivity contribution is 7.99. The molecule has 0 atom stereocenters. The van der Waals surface area contributed by atoms with Crippen molar-refractivity contribution < 1.29 is 31.1 Å². The lowest BCUT2D eigenvalue weighted by molar-refractivity contribution is -0.172. The van der Waals surface area contributed by atoms with Crippen molar-refractivity contribution in [3.8, 4) is 0 Å². The van der Waals surface area contributed by atoms with E-state index in [1.54, 1.807) is 0 Å². The first-order valence-corrected chi connectivity index (χ1v) is 6.02. The monoisotopic (exact) mass is 322 g/mol. The zero-order valence-corrected chi connectivity index (χ0v) is 10.5. The second kappa shape index (κ2) is 6.48. The van der Waals surface area contributed by atoms with Crippen LogP contribution in [0, 0.1) is 0 Å². The fraction of sp³-hybridized carbons (Fsp3) is 0.556. The number of nitrogens with one attached hydrogen (secondary N) is 1. The highest BCUT2D eigenvalue weighted by atomic mass is 32.2. The van der Waals surface area contributed by atoms with Crippen LogP contribution < -0.4 is 5.56 Å². The smallest absolute Gasteiger partial charge is 0.371 e. The van der Waals surface area contributed by atoms with Crippen LogP contribution in [0.4, 0.5) is 26.3 Å². The molecule has 0 fully saturated rings. The van der Waals surface area contributed by atoms with Crippen LogP contribution in [0.2, 0.25) is 0 Å². The van der Waals surface area contributed by atoms with Crippen molar-refractivity contribution in [1.29, 1.82) is 0 Å². The van der Waals surface area contributed by atoms with Gasteiger partial charge < -0.3 is 9.72 Å². The van der Waals surface area contributed by atoms with Crippen LogP contribution in [-0.2, 0) is 10.9 Å². The van der Waals surface area contributed by atoms with E-state index < -0.39 is 30.2 Å². The van der Waals surface area contributed by atoms with Gasteiger partial charge in [-0.15, -0.1) is 0 Å². The van der Waals surface area contributed by atoms with Gasteiger partial charge in [-0.2, -0.15) is 26.3 Å². The van der Waals surface area contributed by atoms with Crippen molar-refractivity contribution in [2.45, 2.75) is 17.5 Å². The summed E-state index contributed by atoms with van der Waals surface area (Å²) in [4.78, 5) is 16.2. The Morgan fingerprint density at radius 1 is 1.25 bits per heavy atom. The Labute approximate surface area is 112 Å². The molecule has 1 N–H and O–H groups in total. The molecular weight excluding hydrogens is 314 g/mol. The van der Waals surface area contributed by atoms with Gasteiger partial charge in [0.25, 0.3) is 5.56 Å². The lowest BCUT2D eigenvalue weighted by Crippen LogP contribution is -2.18. The summed E-state index contributed by atoms with van der Waals surface area (Å²) in [5.74, 6) is -0.0830. The number of nitrogens with zero attached hydrogens (tertiary/aromatic N) is 1. The van der Waals surface area contributed by atoms with E-state index in [4.69, 9.17) is 0 Å². The first kappa shape index (κ1) is 16.8. The number of rotatable bonds is 5. The van der Waals surface area contributed by atoms with E-state index in [0.29, 0.717) is 17.8 Å². The topological polar surface area (TPSA) is 55.0 Å². The molecule has 0 saturated carbocycles. The highest BCUT2D eigenvalue weighted by Crippen LogP contribution is 2.27. The average molecular weight is 322 g/mol. The van der Waals surface area contributed by atoms with E-state index >= 15 is 0 Å². The van der Waals surface area contributed by atoms with Gasteiger partial charge in [-0.1, -0.05) is 11.8 Å². The SMILES string of the molecule is O=c1cc(C(F)(F)F)nc(SCCOCC(F)(F)F)[nH]1. The molecule has 4 nitrogen and oxygen atoms in total. The Morgan fingerprint density at radius 3 is 2.45 bits per heavy atom. The zero-order chi connectivity index (χ0) is 15.4. The molecule has 11 heteroatoms. The van der Waals surface area contributed by atoms with Gasteiger partial charge in [0.2, 0.25) is 0 Å². The molecule has 0 radical (unpaired) electrons. The van der Waals surface area contributed by atoms with Gasteiger partial charge in [-0.05, 0) is 0 Å². The molecule has 0 saturated heterocycles. The van der Waals surface area contributed by atoms with Crippen molar-refractivity contribution in [3.63, 3.8) is 0 Å². The molecule has 0 aromatic carbocycles. The second-order valence-corrected chi connectivity index (χ2v) is 4.53. The fourth-order valence-corrected chi connectivity index (χ4v) is 1.76. The first-order chi connectivity index (χ1) is 9.08. The molecule has 0 spiro atoms. The average Bonchev–Trinajstić information content (AvgIpc) is 2.25. The van der Waals surface area contributed by atoms with E-state index in [1.807, 2.05) is 4.98 Å². The third kappa shape index (κ3) is 6.28. The van der Waals surface area contributed by atoms with Crippen molar-refractivity contribution in [2.75, 3.05) is 19.0 Å². The highest BCUT2D eigenvalue weighted by Gasteiger charge is 2.33. The number of halogens is 6. The lowest BCUT2D eigenvalue weighted by atomic mass is 10.4. The molecule has 0 bridgehead atoms. The predicted molar refractivity (Wildman–Crippen MR) is 57.5 cm³/mol. The van der Waals surface area contributed by atoms with Crippen LogP contribution in [-0.4, -0.2) is 35.1 Å². The fourth-order valence-electron chi connectivity index (χ4n) is 1.03. The number of alkyl halides is 6. The predicted octanol–water partition coefficient (Wildman–Crippen LogP) is 2.46. The molecule has 0 aliphatic heterocycles. The summed E-state index contributed by atoms with van der Waals surface area (Å²) in [6.45, 7) is -1.79. The number of aromatic amines is 1. The summed E-state index contributed by atoms with van der Waals surface area (Å²) in [6.07, 6.45) is -9.23. The van der Waals surface area contributed by atoms with Gasteiger partial charge in [0.15, 0.2) is 10.9 Å². The van der Waals surface area contributed by atoms with Crippen LogP contribution in [0.15, 0.2) is 16.0 Å². The summed E-state index contributed by atoms with van der Waals surface area (Å²) in [7, 11) is 0. The Balaban J connectivity index is 2.53. The van der Waals surface area contributed by atoms with Gasteiger partial charge in [-0.3, -0.25) is 4.79 Å². The van der Waals surface area contributed by atoms with E-state index in [0.717, 1.165) is 0 Å². The van der Waals surface area contributed by atoms with E-state index in [2.05, 4.69) is 9.72 Å². The minimum atomic E-state index is -4.77. The third-order valence-corrected chi connectivity index (χ3v) is 2.58. The number of thioether (sulfide) groups is 1. The molecule has 1 aromatic rings. The summed E-state index contributed by atoms with van der Waals surface area (Å²) in [6, 6.07) is 0.296. The molecule has 1 aromatic heterocycles. The number of aromatic nitrogens is 2. The quantitative estimate of drug-likeness (QED) is 0.392. The van der Waals surface area contributed by atoms with Crippen molar-refractivity contribution in [1.82, 2.24) is 9.97 Å². The molecule has 0 amide bonds. The van der Waals surface area contributed by atoms with Crippen molar-refractivity contribution in [3.05, 3.63) is 22.1 Å². The minimum absolute atomic E-state index is 0.0830. The molecule has 1 heterocycles. The maximum atomic E-state index is 12.3. The van der Waals surface area contributed by atoms with Crippen molar-refractivity contribution >= 4 is 11.8 Å². The number of ether oxygens (including phenoxy) is 1. The van der Waals surface area contributed by atoms with Gasteiger partial charge in [0, 0.05) is 11.8 Å². The Kier molecular flexibility index (Phi) is 5.45. The van der Waals surface area contributed by atoms with E-state index in [9.17, 15) is 31.1 Å². The van der Waals surface area contributed by atoms with Crippen LogP contribution in [0.25, 0.3) is 0 Å². The van der Waals surface area contributed by atoms with Crippen LogP contribution in [0.1, 0.15) is 5.69 Å². The largest absolute Gasteiger partial charge is 0.433 e. The number of hydrogen-bond donors (Lipinski definition) is 1. The van der Waals surface area contributed by atoms with Crippen LogP contribution >= 0.6 is 11.8 Å².